The fraction of sp³-hybridized carbons (Fsp3) is 0.429. The molecular weight excluding hydrogens is 378 g/mol. The number of azo groups is 1. The first-order chi connectivity index (χ1) is 12.9. The average Bonchev–Trinajstić information content (AvgIpc) is 2.60. The molecule has 150 valence electrons. The van der Waals surface area contributed by atoms with E-state index in [4.69, 9.17) is 11.6 Å². The van der Waals surface area contributed by atoms with E-state index in [-0.39, 0.29) is 38.7 Å². The highest BCUT2D eigenvalue weighted by Crippen LogP contribution is 2.43. The summed E-state index contributed by atoms with van der Waals surface area (Å²) in [4.78, 5) is 10.7. The van der Waals surface area contributed by atoms with E-state index in [9.17, 15) is 15.2 Å². The lowest BCUT2D eigenvalue weighted by atomic mass is 9.77. The van der Waals surface area contributed by atoms with Crippen LogP contribution < -0.4 is 0 Å². The van der Waals surface area contributed by atoms with Crippen LogP contribution in [-0.4, -0.2) is 10.0 Å². The zero-order valence-corrected chi connectivity index (χ0v) is 17.8. The van der Waals surface area contributed by atoms with Gasteiger partial charge in [0.05, 0.1) is 4.92 Å². The molecule has 2 aromatic carbocycles. The van der Waals surface area contributed by atoms with Crippen LogP contribution in [0.25, 0.3) is 0 Å². The molecule has 2 rings (SSSR count). The summed E-state index contributed by atoms with van der Waals surface area (Å²) in [5, 5.41) is 30.5. The van der Waals surface area contributed by atoms with Gasteiger partial charge in [0.25, 0.3) is 5.69 Å². The van der Waals surface area contributed by atoms with Crippen molar-refractivity contribution in [3.8, 4) is 5.75 Å². The highest BCUT2D eigenvalue weighted by atomic mass is 35.5. The Kier molecular flexibility index (Phi) is 6.14. The molecule has 0 saturated heterocycles. The topological polar surface area (TPSA) is 88.1 Å². The van der Waals surface area contributed by atoms with Gasteiger partial charge in [-0.15, -0.1) is 10.2 Å². The van der Waals surface area contributed by atoms with E-state index >= 15 is 0 Å². The molecule has 2 aromatic rings. The molecule has 6 nitrogen and oxygen atoms in total. The Balaban J connectivity index is 2.64. The number of phenols is 1. The fourth-order valence-corrected chi connectivity index (χ4v) is 2.86. The van der Waals surface area contributed by atoms with Gasteiger partial charge in [0, 0.05) is 16.7 Å². The Bertz CT molecular complexity index is 931. The Morgan fingerprint density at radius 2 is 1.68 bits per heavy atom. The highest BCUT2D eigenvalue weighted by molar-refractivity contribution is 6.30. The molecule has 0 saturated carbocycles. The van der Waals surface area contributed by atoms with E-state index in [1.165, 1.54) is 18.2 Å². The number of nitro benzene ring substituents is 1. The maximum atomic E-state index is 11.3. The molecule has 7 heteroatoms. The zero-order chi connectivity index (χ0) is 21.3. The van der Waals surface area contributed by atoms with Gasteiger partial charge in [-0.3, -0.25) is 10.1 Å². The minimum atomic E-state index is -0.558. The van der Waals surface area contributed by atoms with Gasteiger partial charge in [-0.05, 0) is 41.0 Å². The smallest absolute Gasteiger partial charge is 0.298 e. The summed E-state index contributed by atoms with van der Waals surface area (Å²) in [6, 6.07) is 7.97. The van der Waals surface area contributed by atoms with Crippen LogP contribution in [0.5, 0.6) is 5.75 Å². The highest BCUT2D eigenvalue weighted by Gasteiger charge is 2.26. The van der Waals surface area contributed by atoms with Crippen LogP contribution in [0.1, 0.15) is 59.1 Å². The molecule has 0 radical (unpaired) electrons. The molecule has 0 aliphatic carbocycles. The van der Waals surface area contributed by atoms with Crippen LogP contribution in [0.15, 0.2) is 40.6 Å². The summed E-state index contributed by atoms with van der Waals surface area (Å²) in [6.45, 7) is 12.4. The lowest BCUT2D eigenvalue weighted by Crippen LogP contribution is -2.18. The number of aromatic hydroxyl groups is 1. The van der Waals surface area contributed by atoms with Crippen molar-refractivity contribution < 1.29 is 10.0 Å². The Morgan fingerprint density at radius 3 is 2.21 bits per heavy atom. The summed E-state index contributed by atoms with van der Waals surface area (Å²) >= 11 is 5.84. The minimum Gasteiger partial charge on any atom is -0.505 e. The van der Waals surface area contributed by atoms with Crippen LogP contribution in [-0.2, 0) is 10.8 Å². The number of nitrogens with zero attached hydrogens (tertiary/aromatic N) is 3. The van der Waals surface area contributed by atoms with Gasteiger partial charge >= 0.3 is 0 Å². The minimum absolute atomic E-state index is 0.0310. The van der Waals surface area contributed by atoms with Crippen molar-refractivity contribution in [2.75, 3.05) is 0 Å². The van der Waals surface area contributed by atoms with Crippen molar-refractivity contribution in [2.45, 2.75) is 58.8 Å². The van der Waals surface area contributed by atoms with E-state index < -0.39 is 4.92 Å². The SMILES string of the molecule is CCC(C)(C)c1cc(N=Nc2ccc(Cl)cc2[N+](=O)[O-])c(O)c(C(C)(C)C)c1. The van der Waals surface area contributed by atoms with Gasteiger partial charge in [-0.1, -0.05) is 59.2 Å². The Labute approximate surface area is 170 Å². The summed E-state index contributed by atoms with van der Waals surface area (Å²) in [5.74, 6) is 0.0310. The summed E-state index contributed by atoms with van der Waals surface area (Å²) in [7, 11) is 0. The second-order valence-corrected chi connectivity index (χ2v) is 8.91. The van der Waals surface area contributed by atoms with Crippen LogP contribution in [0.2, 0.25) is 5.02 Å². The zero-order valence-electron chi connectivity index (χ0n) is 17.1. The Morgan fingerprint density at radius 1 is 1.07 bits per heavy atom. The molecule has 0 amide bonds. The average molecular weight is 404 g/mol. The van der Waals surface area contributed by atoms with Crippen molar-refractivity contribution in [3.05, 3.63) is 56.6 Å². The second-order valence-electron chi connectivity index (χ2n) is 8.47. The van der Waals surface area contributed by atoms with E-state index in [1.54, 1.807) is 6.07 Å². The number of rotatable bonds is 5. The van der Waals surface area contributed by atoms with E-state index in [2.05, 4.69) is 31.0 Å². The van der Waals surface area contributed by atoms with Crippen molar-refractivity contribution in [2.24, 2.45) is 10.2 Å². The fourth-order valence-electron chi connectivity index (χ4n) is 2.70. The summed E-state index contributed by atoms with van der Waals surface area (Å²) in [6.07, 6.45) is 0.903. The first-order valence-corrected chi connectivity index (χ1v) is 9.48. The standard InChI is InChI=1S/C21H26ClN3O3/c1-7-21(5,6)13-10-15(20(2,3)4)19(26)17(11-13)24-23-16-9-8-14(22)12-18(16)25(27)28/h8-12,26H,7H2,1-6H3. The van der Waals surface area contributed by atoms with Crippen LogP contribution in [0, 0.1) is 10.1 Å². The van der Waals surface area contributed by atoms with E-state index in [0.717, 1.165) is 17.5 Å². The lowest BCUT2D eigenvalue weighted by Gasteiger charge is -2.28. The molecule has 0 unspecified atom stereocenters. The normalized spacial score (nSPS) is 12.5. The van der Waals surface area contributed by atoms with Gasteiger partial charge in [0.15, 0.2) is 5.69 Å². The van der Waals surface area contributed by atoms with Crippen LogP contribution in [0.4, 0.5) is 17.1 Å². The number of hydrogen-bond donors (Lipinski definition) is 1. The molecule has 0 atom stereocenters. The second kappa shape index (κ2) is 7.87. The molecule has 0 fully saturated rings. The van der Waals surface area contributed by atoms with Gasteiger partial charge < -0.3 is 5.11 Å². The molecule has 0 spiro atoms. The van der Waals surface area contributed by atoms with Crippen molar-refractivity contribution >= 4 is 28.7 Å². The molecule has 28 heavy (non-hydrogen) atoms. The van der Waals surface area contributed by atoms with Gasteiger partial charge in [-0.25, -0.2) is 0 Å². The van der Waals surface area contributed by atoms with Crippen LogP contribution in [0.3, 0.4) is 0 Å². The van der Waals surface area contributed by atoms with Gasteiger partial charge in [0.1, 0.15) is 11.4 Å². The quantitative estimate of drug-likeness (QED) is 0.321. The maximum absolute atomic E-state index is 11.3. The molecular formula is C21H26ClN3O3. The number of hydrogen-bond acceptors (Lipinski definition) is 5. The third-order valence-corrected chi connectivity index (χ3v) is 5.20. The third-order valence-electron chi connectivity index (χ3n) is 4.96. The van der Waals surface area contributed by atoms with Crippen molar-refractivity contribution in [1.82, 2.24) is 0 Å². The van der Waals surface area contributed by atoms with E-state index in [0.29, 0.717) is 0 Å². The largest absolute Gasteiger partial charge is 0.505 e. The molecule has 0 aromatic heterocycles. The molecule has 1 N–H and O–H groups in total. The van der Waals surface area contributed by atoms with Crippen molar-refractivity contribution in [3.63, 3.8) is 0 Å². The Hall–Kier alpha value is -2.47. The van der Waals surface area contributed by atoms with E-state index in [1.807, 2.05) is 26.8 Å². The molecule has 0 bridgehead atoms. The molecule has 0 heterocycles. The lowest BCUT2D eigenvalue weighted by molar-refractivity contribution is -0.384. The number of nitro groups is 1. The monoisotopic (exact) mass is 403 g/mol. The first kappa shape index (κ1) is 21.8. The van der Waals surface area contributed by atoms with Gasteiger partial charge in [-0.2, -0.15) is 0 Å². The van der Waals surface area contributed by atoms with Crippen molar-refractivity contribution in [1.29, 1.82) is 0 Å². The maximum Gasteiger partial charge on any atom is 0.298 e. The van der Waals surface area contributed by atoms with Gasteiger partial charge in [0.2, 0.25) is 0 Å². The third kappa shape index (κ3) is 4.68. The predicted molar refractivity (Wildman–Crippen MR) is 112 cm³/mol. The number of phenolic OH excluding ortho intramolecular Hbond substituents is 1. The summed E-state index contributed by atoms with van der Waals surface area (Å²) < 4.78 is 0. The molecule has 0 aliphatic rings. The summed E-state index contributed by atoms with van der Waals surface area (Å²) in [5.41, 5.74) is 1.48. The number of benzene rings is 2. The molecule has 0 aliphatic heterocycles. The number of halogens is 1. The first-order valence-electron chi connectivity index (χ1n) is 9.10. The predicted octanol–water partition coefficient (Wildman–Crippen LogP) is 7.35. The van der Waals surface area contributed by atoms with Crippen LogP contribution >= 0.6 is 11.6 Å².